The van der Waals surface area contributed by atoms with E-state index in [4.69, 9.17) is 0 Å². The van der Waals surface area contributed by atoms with E-state index in [1.807, 2.05) is 6.20 Å². The molecule has 1 aromatic heterocycles. The van der Waals surface area contributed by atoms with E-state index < -0.39 is 0 Å². The molecular weight excluding hydrogens is 236 g/mol. The lowest BCUT2D eigenvalue weighted by atomic mass is 10.2. The van der Waals surface area contributed by atoms with Crippen molar-refractivity contribution in [3.63, 3.8) is 0 Å². The third kappa shape index (κ3) is 3.91. The lowest BCUT2D eigenvalue weighted by Crippen LogP contribution is -2.36. The summed E-state index contributed by atoms with van der Waals surface area (Å²) in [6, 6.07) is 4.28. The molecule has 0 radical (unpaired) electrons. The van der Waals surface area contributed by atoms with Crippen LogP contribution in [0.15, 0.2) is 18.3 Å². The van der Waals surface area contributed by atoms with E-state index in [9.17, 15) is 0 Å². The van der Waals surface area contributed by atoms with E-state index in [0.29, 0.717) is 0 Å². The van der Waals surface area contributed by atoms with Crippen LogP contribution in [0.1, 0.15) is 18.9 Å². The molecular formula is C15H26N4. The minimum atomic E-state index is 1.04. The van der Waals surface area contributed by atoms with Crippen molar-refractivity contribution < 1.29 is 0 Å². The zero-order valence-corrected chi connectivity index (χ0v) is 12.5. The van der Waals surface area contributed by atoms with Crippen molar-refractivity contribution in [2.45, 2.75) is 19.9 Å². The summed E-state index contributed by atoms with van der Waals surface area (Å²) in [4.78, 5) is 11.8. The van der Waals surface area contributed by atoms with Crippen molar-refractivity contribution in [2.24, 2.45) is 0 Å². The van der Waals surface area contributed by atoms with Gasteiger partial charge in [0.05, 0.1) is 0 Å². The Morgan fingerprint density at radius 3 is 2.84 bits per heavy atom. The smallest absolute Gasteiger partial charge is 0.133 e. The number of pyridine rings is 1. The van der Waals surface area contributed by atoms with Gasteiger partial charge in [-0.2, -0.15) is 0 Å². The van der Waals surface area contributed by atoms with Gasteiger partial charge in [-0.3, -0.25) is 4.90 Å². The number of hydrogen-bond donors (Lipinski definition) is 0. The molecule has 0 N–H and O–H groups in total. The minimum absolute atomic E-state index is 1.04. The van der Waals surface area contributed by atoms with Crippen LogP contribution in [0, 0.1) is 0 Å². The zero-order valence-electron chi connectivity index (χ0n) is 12.5. The van der Waals surface area contributed by atoms with Crippen molar-refractivity contribution in [1.29, 1.82) is 0 Å². The molecule has 0 saturated carbocycles. The van der Waals surface area contributed by atoms with Crippen LogP contribution in [0.25, 0.3) is 0 Å². The van der Waals surface area contributed by atoms with Gasteiger partial charge in [-0.25, -0.2) is 4.98 Å². The van der Waals surface area contributed by atoms with Crippen molar-refractivity contribution >= 4 is 5.82 Å². The maximum atomic E-state index is 4.61. The number of anilines is 1. The van der Waals surface area contributed by atoms with Gasteiger partial charge in [0.15, 0.2) is 0 Å². The highest BCUT2D eigenvalue weighted by Gasteiger charge is 2.19. The molecule has 0 aromatic carbocycles. The van der Waals surface area contributed by atoms with E-state index in [1.54, 1.807) is 0 Å². The molecule has 106 valence electrons. The van der Waals surface area contributed by atoms with Crippen molar-refractivity contribution in [3.8, 4) is 0 Å². The number of likely N-dealkylation sites (N-methyl/N-ethyl adjacent to an activating group) is 1. The quantitative estimate of drug-likeness (QED) is 0.805. The summed E-state index contributed by atoms with van der Waals surface area (Å²) in [5.74, 6) is 1.18. The fourth-order valence-corrected chi connectivity index (χ4v) is 2.57. The Balaban J connectivity index is 2.13. The summed E-state index contributed by atoms with van der Waals surface area (Å²) < 4.78 is 0. The highest BCUT2D eigenvalue weighted by atomic mass is 15.3. The molecule has 0 bridgehead atoms. The first-order valence-electron chi connectivity index (χ1n) is 7.26. The number of fused-ring (bicyclic) bond motifs is 1. The average Bonchev–Trinajstić information content (AvgIpc) is 2.56. The third-order valence-corrected chi connectivity index (χ3v) is 3.60. The molecule has 0 amide bonds. The molecule has 2 rings (SSSR count). The van der Waals surface area contributed by atoms with Crippen LogP contribution >= 0.6 is 0 Å². The largest absolute Gasteiger partial charge is 0.354 e. The number of rotatable bonds is 5. The highest BCUT2D eigenvalue weighted by molar-refractivity contribution is 5.47. The van der Waals surface area contributed by atoms with E-state index in [2.05, 4.69) is 52.8 Å². The van der Waals surface area contributed by atoms with Crippen LogP contribution in [-0.2, 0) is 6.54 Å². The van der Waals surface area contributed by atoms with Gasteiger partial charge >= 0.3 is 0 Å². The first kappa shape index (κ1) is 14.3. The normalized spacial score (nSPS) is 16.5. The Morgan fingerprint density at radius 1 is 1.26 bits per heavy atom. The number of hydrogen-bond acceptors (Lipinski definition) is 4. The van der Waals surface area contributed by atoms with Crippen LogP contribution < -0.4 is 4.90 Å². The molecule has 4 heteroatoms. The van der Waals surface area contributed by atoms with Crippen LogP contribution in [-0.4, -0.2) is 61.6 Å². The van der Waals surface area contributed by atoms with Gasteiger partial charge in [-0.15, -0.1) is 0 Å². The van der Waals surface area contributed by atoms with Crippen LogP contribution in [0.4, 0.5) is 5.82 Å². The Bertz CT molecular complexity index is 391. The number of aromatic nitrogens is 1. The van der Waals surface area contributed by atoms with Gasteiger partial charge in [-0.1, -0.05) is 13.0 Å². The number of nitrogens with zero attached hydrogens (tertiary/aromatic N) is 4. The van der Waals surface area contributed by atoms with Crippen molar-refractivity contribution in [3.05, 3.63) is 23.9 Å². The van der Waals surface area contributed by atoms with Gasteiger partial charge in [0, 0.05) is 44.5 Å². The molecule has 0 fully saturated rings. The summed E-state index contributed by atoms with van der Waals surface area (Å²) in [5, 5.41) is 0. The molecule has 19 heavy (non-hydrogen) atoms. The standard InChI is InChI=1S/C15H26N4/c1-4-8-18-10-12-19(11-9-17(2)3)15-14(13-18)6-5-7-16-15/h5-7H,4,8-13H2,1-3H3. The van der Waals surface area contributed by atoms with E-state index in [1.165, 1.54) is 24.3 Å². The Morgan fingerprint density at radius 2 is 2.11 bits per heavy atom. The molecule has 0 atom stereocenters. The molecule has 0 unspecified atom stereocenters. The SMILES string of the molecule is CCCN1CCN(CCN(C)C)c2ncccc2C1. The van der Waals surface area contributed by atoms with E-state index in [0.717, 1.165) is 32.7 Å². The van der Waals surface area contributed by atoms with Gasteiger partial charge in [0.1, 0.15) is 5.82 Å². The second-order valence-electron chi connectivity index (χ2n) is 5.55. The first-order valence-corrected chi connectivity index (χ1v) is 7.26. The lowest BCUT2D eigenvalue weighted by Gasteiger charge is -2.25. The second-order valence-corrected chi connectivity index (χ2v) is 5.55. The van der Waals surface area contributed by atoms with Crippen molar-refractivity contribution in [1.82, 2.24) is 14.8 Å². The fraction of sp³-hybridized carbons (Fsp3) is 0.667. The highest BCUT2D eigenvalue weighted by Crippen LogP contribution is 2.22. The topological polar surface area (TPSA) is 22.6 Å². The Hall–Kier alpha value is -1.13. The molecule has 4 nitrogen and oxygen atoms in total. The molecule has 2 heterocycles. The Labute approximate surface area is 117 Å². The molecule has 0 aliphatic carbocycles. The molecule has 1 aliphatic heterocycles. The summed E-state index contributed by atoms with van der Waals surface area (Å²) in [5.41, 5.74) is 1.37. The fourth-order valence-electron chi connectivity index (χ4n) is 2.57. The molecule has 0 spiro atoms. The van der Waals surface area contributed by atoms with Crippen LogP contribution in [0.2, 0.25) is 0 Å². The maximum Gasteiger partial charge on any atom is 0.133 e. The predicted molar refractivity (Wildman–Crippen MR) is 80.6 cm³/mol. The second kappa shape index (κ2) is 6.87. The van der Waals surface area contributed by atoms with Gasteiger partial charge < -0.3 is 9.80 Å². The van der Waals surface area contributed by atoms with Crippen LogP contribution in [0.3, 0.4) is 0 Å². The zero-order chi connectivity index (χ0) is 13.7. The van der Waals surface area contributed by atoms with Gasteiger partial charge in [-0.05, 0) is 33.1 Å². The van der Waals surface area contributed by atoms with E-state index >= 15 is 0 Å². The minimum Gasteiger partial charge on any atom is -0.354 e. The van der Waals surface area contributed by atoms with E-state index in [-0.39, 0.29) is 0 Å². The lowest BCUT2D eigenvalue weighted by molar-refractivity contribution is 0.277. The summed E-state index contributed by atoms with van der Waals surface area (Å²) in [7, 11) is 4.25. The maximum absolute atomic E-state index is 4.61. The summed E-state index contributed by atoms with van der Waals surface area (Å²) >= 11 is 0. The summed E-state index contributed by atoms with van der Waals surface area (Å²) in [6.45, 7) is 8.81. The monoisotopic (exact) mass is 262 g/mol. The average molecular weight is 262 g/mol. The Kier molecular flexibility index (Phi) is 5.16. The predicted octanol–water partition coefficient (Wildman–Crippen LogP) is 1.68. The summed E-state index contributed by atoms with van der Waals surface area (Å²) in [6.07, 6.45) is 3.13. The molecule has 0 saturated heterocycles. The molecule has 1 aliphatic rings. The van der Waals surface area contributed by atoms with Crippen molar-refractivity contribution in [2.75, 3.05) is 51.7 Å². The third-order valence-electron chi connectivity index (χ3n) is 3.60. The van der Waals surface area contributed by atoms with Gasteiger partial charge in [0.2, 0.25) is 0 Å². The molecule has 1 aromatic rings. The first-order chi connectivity index (χ1) is 9.20. The van der Waals surface area contributed by atoms with Gasteiger partial charge in [0.25, 0.3) is 0 Å². The van der Waals surface area contributed by atoms with Crippen LogP contribution in [0.5, 0.6) is 0 Å².